The maximum absolute atomic E-state index is 13.2. The summed E-state index contributed by atoms with van der Waals surface area (Å²) in [6.07, 6.45) is 3.89. The van der Waals surface area contributed by atoms with Crippen molar-refractivity contribution in [2.24, 2.45) is 11.8 Å². The molecule has 0 spiro atoms. The van der Waals surface area contributed by atoms with Gasteiger partial charge in [0.25, 0.3) is 0 Å². The third-order valence-corrected chi connectivity index (χ3v) is 7.00. The average Bonchev–Trinajstić information content (AvgIpc) is 2.76. The van der Waals surface area contributed by atoms with E-state index in [9.17, 15) is 27.2 Å². The summed E-state index contributed by atoms with van der Waals surface area (Å²) >= 11 is 0. The van der Waals surface area contributed by atoms with Crippen molar-refractivity contribution in [3.8, 4) is 0 Å². The van der Waals surface area contributed by atoms with Gasteiger partial charge >= 0.3 is 0 Å². The predicted molar refractivity (Wildman–Crippen MR) is 117 cm³/mol. The molecular weight excluding hydrogens is 449 g/mol. The summed E-state index contributed by atoms with van der Waals surface area (Å²) in [5, 5.41) is 0. The van der Waals surface area contributed by atoms with Gasteiger partial charge in [-0.1, -0.05) is 13.8 Å². The van der Waals surface area contributed by atoms with Crippen molar-refractivity contribution >= 4 is 27.4 Å². The van der Waals surface area contributed by atoms with E-state index in [2.05, 4.69) is 14.7 Å². The van der Waals surface area contributed by atoms with Crippen molar-refractivity contribution in [3.05, 3.63) is 53.9 Å². The molecule has 2 atom stereocenters. The molecule has 176 valence electrons. The maximum atomic E-state index is 13.2. The summed E-state index contributed by atoms with van der Waals surface area (Å²) in [6.45, 7) is 3.34. The van der Waals surface area contributed by atoms with Crippen LogP contribution >= 0.6 is 0 Å². The topological polar surface area (TPSA) is 123 Å². The molecule has 1 aromatic carbocycles. The Morgan fingerprint density at radius 1 is 1.12 bits per heavy atom. The first kappa shape index (κ1) is 24.8. The SMILES string of the molecule is CC(C)C(NS(=O)(=O)c1ccc(F)cc1)C(=O)CC1Cc2cncc(n2)CCCC(=O)C1=O. The normalized spacial score (nSPS) is 18.2. The van der Waals surface area contributed by atoms with Gasteiger partial charge < -0.3 is 0 Å². The number of carbonyl (C=O) groups is 3. The second kappa shape index (κ2) is 10.4. The van der Waals surface area contributed by atoms with Crippen LogP contribution < -0.4 is 4.72 Å². The summed E-state index contributed by atoms with van der Waals surface area (Å²) < 4.78 is 41.0. The number of ketones is 3. The van der Waals surface area contributed by atoms with Gasteiger partial charge in [0.1, 0.15) is 5.82 Å². The quantitative estimate of drug-likeness (QED) is 0.609. The van der Waals surface area contributed by atoms with Gasteiger partial charge in [-0.25, -0.2) is 17.5 Å². The number of halogens is 1. The van der Waals surface area contributed by atoms with Gasteiger partial charge in [-0.3, -0.25) is 24.4 Å². The lowest BCUT2D eigenvalue weighted by Gasteiger charge is -2.23. The smallest absolute Gasteiger partial charge is 0.241 e. The van der Waals surface area contributed by atoms with Gasteiger partial charge in [0.05, 0.1) is 22.3 Å². The number of fused-ring (bicyclic) bond motifs is 2. The summed E-state index contributed by atoms with van der Waals surface area (Å²) in [5.41, 5.74) is 1.22. The Morgan fingerprint density at radius 3 is 2.45 bits per heavy atom. The molecule has 8 nitrogen and oxygen atoms in total. The molecule has 33 heavy (non-hydrogen) atoms. The molecule has 0 radical (unpaired) electrons. The van der Waals surface area contributed by atoms with E-state index in [4.69, 9.17) is 0 Å². The molecule has 0 saturated heterocycles. The lowest BCUT2D eigenvalue weighted by Crippen LogP contribution is -2.45. The first-order valence-electron chi connectivity index (χ1n) is 10.7. The van der Waals surface area contributed by atoms with Crippen LogP contribution in [0.15, 0.2) is 41.6 Å². The van der Waals surface area contributed by atoms with Gasteiger partial charge in [-0.05, 0) is 43.0 Å². The second-order valence-corrected chi connectivity index (χ2v) is 10.2. The minimum atomic E-state index is -4.11. The Bertz CT molecular complexity index is 1150. The fourth-order valence-electron chi connectivity index (χ4n) is 3.75. The zero-order valence-electron chi connectivity index (χ0n) is 18.5. The average molecular weight is 476 g/mol. The van der Waals surface area contributed by atoms with Crippen molar-refractivity contribution < 1.29 is 27.2 Å². The van der Waals surface area contributed by atoms with E-state index >= 15 is 0 Å². The summed E-state index contributed by atoms with van der Waals surface area (Å²) in [4.78, 5) is 46.8. The van der Waals surface area contributed by atoms with Crippen molar-refractivity contribution in [2.75, 3.05) is 0 Å². The second-order valence-electron chi connectivity index (χ2n) is 8.51. The van der Waals surface area contributed by atoms with Crippen LogP contribution in [0, 0.1) is 17.7 Å². The van der Waals surface area contributed by atoms with Crippen molar-refractivity contribution in [1.82, 2.24) is 14.7 Å². The number of hydrogen-bond acceptors (Lipinski definition) is 7. The lowest BCUT2D eigenvalue weighted by molar-refractivity contribution is -0.140. The molecule has 0 fully saturated rings. The Kier molecular flexibility index (Phi) is 7.80. The Balaban J connectivity index is 1.83. The highest BCUT2D eigenvalue weighted by atomic mass is 32.2. The van der Waals surface area contributed by atoms with Crippen LogP contribution in [-0.2, 0) is 37.2 Å². The van der Waals surface area contributed by atoms with Crippen molar-refractivity contribution in [1.29, 1.82) is 0 Å². The van der Waals surface area contributed by atoms with E-state index in [0.717, 1.165) is 24.3 Å². The molecule has 2 unspecified atom stereocenters. The third-order valence-electron chi connectivity index (χ3n) is 5.54. The van der Waals surface area contributed by atoms with E-state index in [0.29, 0.717) is 24.2 Å². The van der Waals surface area contributed by atoms with E-state index < -0.39 is 51.1 Å². The highest BCUT2D eigenvalue weighted by molar-refractivity contribution is 7.89. The van der Waals surface area contributed by atoms with E-state index in [-0.39, 0.29) is 24.2 Å². The van der Waals surface area contributed by atoms with Crippen LogP contribution in [0.25, 0.3) is 0 Å². The largest absolute Gasteiger partial charge is 0.298 e. The van der Waals surface area contributed by atoms with Gasteiger partial charge in [0, 0.05) is 37.6 Å². The van der Waals surface area contributed by atoms with Crippen LogP contribution in [0.5, 0.6) is 0 Å². The molecule has 0 aliphatic carbocycles. The van der Waals surface area contributed by atoms with E-state index in [1.807, 2.05) is 0 Å². The van der Waals surface area contributed by atoms with Crippen molar-refractivity contribution in [3.63, 3.8) is 0 Å². The first-order chi connectivity index (χ1) is 15.6. The molecule has 2 aromatic rings. The third kappa shape index (κ3) is 6.35. The fraction of sp³-hybridized carbons (Fsp3) is 0.435. The zero-order valence-corrected chi connectivity index (χ0v) is 19.3. The number of nitrogens with one attached hydrogen (secondary N) is 1. The molecule has 10 heteroatoms. The molecular formula is C23H26FN3O5S. The lowest BCUT2D eigenvalue weighted by atomic mass is 9.85. The highest BCUT2D eigenvalue weighted by Crippen LogP contribution is 2.21. The minimum Gasteiger partial charge on any atom is -0.298 e. The highest BCUT2D eigenvalue weighted by Gasteiger charge is 2.34. The molecule has 0 amide bonds. The Hall–Kier alpha value is -2.85. The van der Waals surface area contributed by atoms with E-state index in [1.54, 1.807) is 20.0 Å². The Labute approximate surface area is 192 Å². The van der Waals surface area contributed by atoms with Crippen molar-refractivity contribution in [2.45, 2.75) is 56.9 Å². The van der Waals surface area contributed by atoms with Gasteiger partial charge in [-0.15, -0.1) is 0 Å². The number of carbonyl (C=O) groups excluding carboxylic acids is 3. The minimum absolute atomic E-state index is 0.0558. The number of aryl methyl sites for hydroxylation is 1. The van der Waals surface area contributed by atoms with Crippen LogP contribution in [0.1, 0.15) is 44.5 Å². The molecule has 2 heterocycles. The fourth-order valence-corrected chi connectivity index (χ4v) is 5.12. The van der Waals surface area contributed by atoms with Gasteiger partial charge in [0.2, 0.25) is 15.8 Å². The Morgan fingerprint density at radius 2 is 1.79 bits per heavy atom. The van der Waals surface area contributed by atoms with Crippen LogP contribution in [0.2, 0.25) is 0 Å². The zero-order chi connectivity index (χ0) is 24.2. The number of rotatable bonds is 7. The molecule has 2 bridgehead atoms. The first-order valence-corrected chi connectivity index (χ1v) is 12.2. The summed E-state index contributed by atoms with van der Waals surface area (Å²) in [7, 11) is -4.11. The van der Waals surface area contributed by atoms with Crippen LogP contribution in [-0.4, -0.2) is 41.8 Å². The molecule has 3 rings (SSSR count). The number of aromatic nitrogens is 2. The number of benzene rings is 1. The van der Waals surface area contributed by atoms with Crippen LogP contribution in [0.4, 0.5) is 4.39 Å². The number of nitrogens with zero attached hydrogens (tertiary/aromatic N) is 2. The van der Waals surface area contributed by atoms with Gasteiger partial charge in [-0.2, -0.15) is 0 Å². The standard InChI is InChI=1S/C23H26FN3O5S/c1-14(2)22(27-33(31,32)19-8-6-16(24)7-9-19)21(29)11-15-10-18-13-25-12-17(26-18)4-3-5-20(28)23(15)30/h6-9,12-15,22,27H,3-5,10-11H2,1-2H3. The summed E-state index contributed by atoms with van der Waals surface area (Å²) in [5.74, 6) is -3.68. The molecule has 1 aromatic heterocycles. The number of sulfonamides is 1. The van der Waals surface area contributed by atoms with E-state index in [1.165, 1.54) is 6.20 Å². The molecule has 1 aliphatic heterocycles. The molecule has 1 N–H and O–H groups in total. The summed E-state index contributed by atoms with van der Waals surface area (Å²) in [6, 6.07) is 3.11. The number of hydrogen-bond donors (Lipinski definition) is 1. The monoisotopic (exact) mass is 475 g/mol. The number of Topliss-reactive ketones (excluding diaryl/α,β-unsaturated/α-hetero) is 3. The molecule has 1 aliphatic rings. The van der Waals surface area contributed by atoms with Gasteiger partial charge in [0.15, 0.2) is 11.6 Å². The van der Waals surface area contributed by atoms with Crippen LogP contribution in [0.3, 0.4) is 0 Å². The molecule has 0 saturated carbocycles. The predicted octanol–water partition coefficient (Wildman–Crippen LogP) is 2.21. The maximum Gasteiger partial charge on any atom is 0.241 e.